The molecular weight excluding hydrogens is 370 g/mol. The average molecular weight is 393 g/mol. The van der Waals surface area contributed by atoms with Crippen LogP contribution in [0.5, 0.6) is 11.5 Å². The van der Waals surface area contributed by atoms with Gasteiger partial charge in [-0.3, -0.25) is 9.59 Å². The van der Waals surface area contributed by atoms with Crippen LogP contribution < -0.4 is 19.7 Å². The standard InChI is InChI=1S/C22H23N3O4/c1-14-3-5-17-16(11-14)20(26)23-22(24(17)2)7-9-25(10-8-22)21(27)15-4-6-18-19(12-15)29-13-28-18/h3-6,11-12H,7-10,13H2,1-2H3,(H,23,26). The Labute approximate surface area is 169 Å². The summed E-state index contributed by atoms with van der Waals surface area (Å²) in [6, 6.07) is 11.2. The zero-order chi connectivity index (χ0) is 20.2. The van der Waals surface area contributed by atoms with Crippen LogP contribution >= 0.6 is 0 Å². The summed E-state index contributed by atoms with van der Waals surface area (Å²) in [5, 5.41) is 3.21. The minimum Gasteiger partial charge on any atom is -0.454 e. The van der Waals surface area contributed by atoms with Crippen LogP contribution in [0, 0.1) is 6.92 Å². The van der Waals surface area contributed by atoms with E-state index >= 15 is 0 Å². The van der Waals surface area contributed by atoms with E-state index in [0.717, 1.165) is 11.3 Å². The Kier molecular flexibility index (Phi) is 3.94. The number of carbonyl (C=O) groups is 2. The maximum atomic E-state index is 13.0. The second-order valence-corrected chi connectivity index (χ2v) is 7.93. The van der Waals surface area contributed by atoms with Crippen LogP contribution in [0.3, 0.4) is 0 Å². The zero-order valence-electron chi connectivity index (χ0n) is 16.5. The summed E-state index contributed by atoms with van der Waals surface area (Å²) in [7, 11) is 2.02. The molecule has 1 fully saturated rings. The molecule has 7 nitrogen and oxygen atoms in total. The first-order valence-corrected chi connectivity index (χ1v) is 9.83. The fourth-order valence-corrected chi connectivity index (χ4v) is 4.47. The van der Waals surface area contributed by atoms with E-state index in [-0.39, 0.29) is 18.6 Å². The largest absolute Gasteiger partial charge is 0.454 e. The minimum absolute atomic E-state index is 0.0287. The molecule has 0 saturated carbocycles. The third-order valence-electron chi connectivity index (χ3n) is 6.24. The van der Waals surface area contributed by atoms with E-state index < -0.39 is 5.66 Å². The number of fused-ring (bicyclic) bond motifs is 2. The molecule has 2 aromatic carbocycles. The number of anilines is 1. The number of hydrogen-bond donors (Lipinski definition) is 1. The molecule has 0 unspecified atom stereocenters. The average Bonchev–Trinajstić information content (AvgIpc) is 3.20. The molecule has 2 amide bonds. The fraction of sp³-hybridized carbons (Fsp3) is 0.364. The van der Waals surface area contributed by atoms with E-state index in [0.29, 0.717) is 48.6 Å². The van der Waals surface area contributed by atoms with Crippen molar-refractivity contribution in [2.45, 2.75) is 25.4 Å². The van der Waals surface area contributed by atoms with Crippen molar-refractivity contribution < 1.29 is 19.1 Å². The second-order valence-electron chi connectivity index (χ2n) is 7.93. The lowest BCUT2D eigenvalue weighted by Crippen LogP contribution is -2.67. The summed E-state index contributed by atoms with van der Waals surface area (Å²) in [6.07, 6.45) is 1.33. The molecule has 7 heteroatoms. The fourth-order valence-electron chi connectivity index (χ4n) is 4.47. The summed E-state index contributed by atoms with van der Waals surface area (Å²) in [5.41, 5.74) is 2.83. The van der Waals surface area contributed by atoms with Crippen molar-refractivity contribution in [3.8, 4) is 11.5 Å². The Balaban J connectivity index is 1.34. The van der Waals surface area contributed by atoms with Gasteiger partial charge in [-0.2, -0.15) is 0 Å². The van der Waals surface area contributed by atoms with Gasteiger partial charge in [0.2, 0.25) is 6.79 Å². The minimum atomic E-state index is -0.467. The number of nitrogens with one attached hydrogen (secondary N) is 1. The molecule has 3 aliphatic rings. The van der Waals surface area contributed by atoms with Gasteiger partial charge in [0.25, 0.3) is 11.8 Å². The van der Waals surface area contributed by atoms with Gasteiger partial charge in [-0.1, -0.05) is 11.6 Å². The Bertz CT molecular complexity index is 1010. The van der Waals surface area contributed by atoms with Crippen LogP contribution in [0.25, 0.3) is 0 Å². The van der Waals surface area contributed by atoms with Crippen molar-refractivity contribution in [1.29, 1.82) is 0 Å². The van der Waals surface area contributed by atoms with Gasteiger partial charge in [0.15, 0.2) is 11.5 Å². The molecule has 3 aliphatic heterocycles. The molecule has 1 spiro atoms. The van der Waals surface area contributed by atoms with E-state index in [1.54, 1.807) is 18.2 Å². The summed E-state index contributed by atoms with van der Waals surface area (Å²) in [5.74, 6) is 1.20. The first kappa shape index (κ1) is 17.8. The van der Waals surface area contributed by atoms with Gasteiger partial charge in [-0.05, 0) is 37.3 Å². The summed E-state index contributed by atoms with van der Waals surface area (Å²) in [6.45, 7) is 3.31. The summed E-state index contributed by atoms with van der Waals surface area (Å²) >= 11 is 0. The van der Waals surface area contributed by atoms with Gasteiger partial charge >= 0.3 is 0 Å². The first-order chi connectivity index (χ1) is 14.0. The molecule has 0 radical (unpaired) electrons. The maximum Gasteiger partial charge on any atom is 0.255 e. The van der Waals surface area contributed by atoms with Crippen LogP contribution in [0.15, 0.2) is 36.4 Å². The number of likely N-dealkylation sites (tertiary alicyclic amines) is 1. The van der Waals surface area contributed by atoms with Gasteiger partial charge in [-0.25, -0.2) is 0 Å². The van der Waals surface area contributed by atoms with Crippen molar-refractivity contribution in [2.24, 2.45) is 0 Å². The van der Waals surface area contributed by atoms with E-state index in [4.69, 9.17) is 9.47 Å². The number of aryl methyl sites for hydroxylation is 1. The normalized spacial score (nSPS) is 19.2. The Morgan fingerprint density at radius 2 is 1.83 bits per heavy atom. The van der Waals surface area contributed by atoms with Crippen molar-refractivity contribution in [2.75, 3.05) is 31.8 Å². The lowest BCUT2D eigenvalue weighted by molar-refractivity contribution is 0.0608. The lowest BCUT2D eigenvalue weighted by atomic mass is 9.90. The Morgan fingerprint density at radius 3 is 2.62 bits per heavy atom. The zero-order valence-corrected chi connectivity index (χ0v) is 16.5. The molecular formula is C22H23N3O4. The molecule has 0 aromatic heterocycles. The summed E-state index contributed by atoms with van der Waals surface area (Å²) in [4.78, 5) is 29.7. The van der Waals surface area contributed by atoms with Crippen LogP contribution in [-0.2, 0) is 0 Å². The third kappa shape index (κ3) is 2.80. The van der Waals surface area contributed by atoms with E-state index in [2.05, 4.69) is 10.2 Å². The Morgan fingerprint density at radius 1 is 1.07 bits per heavy atom. The van der Waals surface area contributed by atoms with Crippen molar-refractivity contribution >= 4 is 17.5 Å². The molecule has 0 bridgehead atoms. The predicted molar refractivity (Wildman–Crippen MR) is 107 cm³/mol. The molecule has 2 aromatic rings. The van der Waals surface area contributed by atoms with Crippen LogP contribution in [-0.4, -0.2) is 49.3 Å². The molecule has 3 heterocycles. The smallest absolute Gasteiger partial charge is 0.255 e. The van der Waals surface area contributed by atoms with Crippen LogP contribution in [0.1, 0.15) is 39.1 Å². The van der Waals surface area contributed by atoms with Gasteiger partial charge in [0.05, 0.1) is 11.3 Å². The van der Waals surface area contributed by atoms with Crippen molar-refractivity contribution in [3.05, 3.63) is 53.1 Å². The first-order valence-electron chi connectivity index (χ1n) is 9.83. The SMILES string of the molecule is Cc1ccc2c(c1)C(=O)NC1(CCN(C(=O)c3ccc4c(c3)OCO4)CC1)N2C. The van der Waals surface area contributed by atoms with E-state index in [1.165, 1.54) is 0 Å². The van der Waals surface area contributed by atoms with Crippen molar-refractivity contribution in [1.82, 2.24) is 10.2 Å². The van der Waals surface area contributed by atoms with Crippen LogP contribution in [0.2, 0.25) is 0 Å². The third-order valence-corrected chi connectivity index (χ3v) is 6.24. The monoisotopic (exact) mass is 393 g/mol. The highest BCUT2D eigenvalue weighted by molar-refractivity contribution is 6.02. The number of carbonyl (C=O) groups excluding carboxylic acids is 2. The van der Waals surface area contributed by atoms with Crippen molar-refractivity contribution in [3.63, 3.8) is 0 Å². The number of rotatable bonds is 1. The highest BCUT2D eigenvalue weighted by Gasteiger charge is 2.44. The summed E-state index contributed by atoms with van der Waals surface area (Å²) < 4.78 is 10.7. The lowest BCUT2D eigenvalue weighted by Gasteiger charge is -2.51. The maximum absolute atomic E-state index is 13.0. The number of hydrogen-bond acceptors (Lipinski definition) is 5. The van der Waals surface area contributed by atoms with Gasteiger partial charge < -0.3 is 24.6 Å². The quantitative estimate of drug-likeness (QED) is 0.806. The number of nitrogens with zero attached hydrogens (tertiary/aromatic N) is 2. The predicted octanol–water partition coefficient (Wildman–Crippen LogP) is 2.54. The molecule has 1 saturated heterocycles. The molecule has 29 heavy (non-hydrogen) atoms. The molecule has 1 N–H and O–H groups in total. The van der Waals surface area contributed by atoms with E-state index in [9.17, 15) is 9.59 Å². The van der Waals surface area contributed by atoms with E-state index in [1.807, 2.05) is 37.1 Å². The number of amides is 2. The number of ether oxygens (including phenoxy) is 2. The van der Waals surface area contributed by atoms with Gasteiger partial charge in [-0.15, -0.1) is 0 Å². The number of benzene rings is 2. The molecule has 5 rings (SSSR count). The van der Waals surface area contributed by atoms with Gasteiger partial charge in [0, 0.05) is 38.5 Å². The highest BCUT2D eigenvalue weighted by Crippen LogP contribution is 2.37. The molecule has 0 atom stereocenters. The van der Waals surface area contributed by atoms with Gasteiger partial charge in [0.1, 0.15) is 5.66 Å². The molecule has 150 valence electrons. The highest BCUT2D eigenvalue weighted by atomic mass is 16.7. The molecule has 0 aliphatic carbocycles. The Hall–Kier alpha value is -3.22. The second kappa shape index (κ2) is 6.40. The topological polar surface area (TPSA) is 71.1 Å². The van der Waals surface area contributed by atoms with Crippen LogP contribution in [0.4, 0.5) is 5.69 Å². The number of piperidine rings is 1.